The molecule has 1 atom stereocenters. The van der Waals surface area contributed by atoms with Crippen LogP contribution in [-0.2, 0) is 14.3 Å². The van der Waals surface area contributed by atoms with Gasteiger partial charge in [0.2, 0.25) is 5.91 Å². The number of benzene rings is 2. The van der Waals surface area contributed by atoms with Crippen LogP contribution in [-0.4, -0.2) is 32.1 Å². The second-order valence-corrected chi connectivity index (χ2v) is 6.02. The topological polar surface area (TPSA) is 81.7 Å². The van der Waals surface area contributed by atoms with Gasteiger partial charge < -0.3 is 14.8 Å². The predicted octanol–water partition coefficient (Wildman–Crippen LogP) is 3.78. The number of nitrogens with one attached hydrogen (secondary N) is 1. The summed E-state index contributed by atoms with van der Waals surface area (Å²) in [7, 11) is 2.50. The summed E-state index contributed by atoms with van der Waals surface area (Å²) in [6, 6.07) is 13.8. The van der Waals surface area contributed by atoms with Gasteiger partial charge in [0.05, 0.1) is 31.3 Å². The molecule has 1 unspecified atom stereocenters. The number of rotatable bonds is 7. The molecule has 2 aromatic rings. The summed E-state index contributed by atoms with van der Waals surface area (Å²) in [5.41, 5.74) is 1.56. The van der Waals surface area contributed by atoms with E-state index in [-0.39, 0.29) is 23.0 Å². The molecule has 0 spiro atoms. The van der Waals surface area contributed by atoms with E-state index in [1.54, 1.807) is 0 Å². The number of anilines is 1. The van der Waals surface area contributed by atoms with Crippen molar-refractivity contribution in [3.8, 4) is 0 Å². The second-order valence-electron chi connectivity index (χ2n) is 6.02. The van der Waals surface area contributed by atoms with Crippen LogP contribution in [0.4, 0.5) is 5.69 Å². The maximum absolute atomic E-state index is 12.9. The van der Waals surface area contributed by atoms with Gasteiger partial charge in [0.15, 0.2) is 0 Å². The van der Waals surface area contributed by atoms with Crippen LogP contribution < -0.4 is 5.32 Å². The van der Waals surface area contributed by atoms with E-state index in [1.165, 1.54) is 32.4 Å². The molecule has 0 aliphatic rings. The summed E-state index contributed by atoms with van der Waals surface area (Å²) < 4.78 is 9.43. The Kier molecular flexibility index (Phi) is 7.11. The van der Waals surface area contributed by atoms with E-state index in [1.807, 2.05) is 37.3 Å². The Morgan fingerprint density at radius 2 is 1.48 bits per heavy atom. The monoisotopic (exact) mass is 369 g/mol. The van der Waals surface area contributed by atoms with Crippen molar-refractivity contribution in [1.29, 1.82) is 0 Å². The van der Waals surface area contributed by atoms with Crippen LogP contribution in [0.1, 0.15) is 52.0 Å². The normalized spacial score (nSPS) is 11.4. The number of carbonyl (C=O) groups is 3. The highest BCUT2D eigenvalue weighted by Crippen LogP contribution is 2.24. The van der Waals surface area contributed by atoms with Crippen molar-refractivity contribution in [2.45, 2.75) is 25.7 Å². The van der Waals surface area contributed by atoms with Crippen LogP contribution in [0.15, 0.2) is 48.5 Å². The van der Waals surface area contributed by atoms with Crippen molar-refractivity contribution in [3.05, 3.63) is 65.2 Å². The standard InChI is InChI=1S/C21H23NO5/c1-4-8-18(14-9-6-5-7-10-14)19(23)22-17-12-15(20(24)26-2)11-16(13-17)21(25)27-3/h5-7,9-13,18H,4,8H2,1-3H3,(H,22,23). The van der Waals surface area contributed by atoms with Gasteiger partial charge in [-0.05, 0) is 30.2 Å². The molecule has 0 bridgehead atoms. The molecule has 1 amide bonds. The van der Waals surface area contributed by atoms with Crippen LogP contribution in [0.3, 0.4) is 0 Å². The molecule has 0 radical (unpaired) electrons. The number of hydrogen-bond acceptors (Lipinski definition) is 5. The van der Waals surface area contributed by atoms with Crippen LogP contribution in [0.2, 0.25) is 0 Å². The lowest BCUT2D eigenvalue weighted by molar-refractivity contribution is -0.117. The summed E-state index contributed by atoms with van der Waals surface area (Å²) in [5.74, 6) is -1.76. The van der Waals surface area contributed by atoms with Gasteiger partial charge in [-0.25, -0.2) is 9.59 Å². The lowest BCUT2D eigenvalue weighted by Gasteiger charge is -2.17. The Morgan fingerprint density at radius 1 is 0.926 bits per heavy atom. The van der Waals surface area contributed by atoms with Gasteiger partial charge in [-0.1, -0.05) is 43.7 Å². The zero-order chi connectivity index (χ0) is 19.8. The molecule has 0 aromatic heterocycles. The first-order chi connectivity index (χ1) is 13.0. The average Bonchev–Trinajstić information content (AvgIpc) is 2.70. The Bertz CT molecular complexity index is 782. The van der Waals surface area contributed by atoms with E-state index in [2.05, 4.69) is 5.32 Å². The Balaban J connectivity index is 2.34. The number of hydrogen-bond donors (Lipinski definition) is 1. The smallest absolute Gasteiger partial charge is 0.337 e. The molecule has 142 valence electrons. The molecule has 2 rings (SSSR count). The van der Waals surface area contributed by atoms with E-state index >= 15 is 0 Å². The van der Waals surface area contributed by atoms with E-state index in [9.17, 15) is 14.4 Å². The Morgan fingerprint density at radius 3 is 1.96 bits per heavy atom. The highest BCUT2D eigenvalue weighted by Gasteiger charge is 2.21. The molecule has 0 fully saturated rings. The third-order valence-electron chi connectivity index (χ3n) is 4.14. The van der Waals surface area contributed by atoms with E-state index in [0.717, 1.165) is 12.0 Å². The second kappa shape index (κ2) is 9.52. The fraction of sp³-hybridized carbons (Fsp3) is 0.286. The highest BCUT2D eigenvalue weighted by molar-refractivity contribution is 6.01. The zero-order valence-corrected chi connectivity index (χ0v) is 15.7. The van der Waals surface area contributed by atoms with Crippen LogP contribution >= 0.6 is 0 Å². The van der Waals surface area contributed by atoms with Crippen LogP contribution in [0, 0.1) is 0 Å². The SMILES string of the molecule is CCCC(C(=O)Nc1cc(C(=O)OC)cc(C(=O)OC)c1)c1ccccc1. The maximum Gasteiger partial charge on any atom is 0.337 e. The number of amides is 1. The molecule has 0 saturated carbocycles. The summed E-state index contributed by atoms with van der Waals surface area (Å²) in [5, 5.41) is 2.81. The van der Waals surface area contributed by atoms with Gasteiger partial charge in [-0.3, -0.25) is 4.79 Å². The first kappa shape index (κ1) is 20.2. The third-order valence-corrected chi connectivity index (χ3v) is 4.14. The molecule has 6 heteroatoms. The fourth-order valence-electron chi connectivity index (χ4n) is 2.82. The minimum Gasteiger partial charge on any atom is -0.465 e. The molecular formula is C21H23NO5. The van der Waals surface area contributed by atoms with Gasteiger partial charge in [-0.2, -0.15) is 0 Å². The van der Waals surface area contributed by atoms with Crippen molar-refractivity contribution < 1.29 is 23.9 Å². The number of ether oxygens (including phenoxy) is 2. The molecule has 0 aliphatic heterocycles. The van der Waals surface area contributed by atoms with E-state index in [0.29, 0.717) is 12.1 Å². The first-order valence-corrected chi connectivity index (χ1v) is 8.67. The lowest BCUT2D eigenvalue weighted by Crippen LogP contribution is -2.21. The third kappa shape index (κ3) is 5.17. The molecule has 0 heterocycles. The average molecular weight is 369 g/mol. The van der Waals surface area contributed by atoms with Gasteiger partial charge in [0, 0.05) is 5.69 Å². The van der Waals surface area contributed by atoms with Gasteiger partial charge in [0.25, 0.3) is 0 Å². The molecule has 27 heavy (non-hydrogen) atoms. The molecular weight excluding hydrogens is 346 g/mol. The van der Waals surface area contributed by atoms with Gasteiger partial charge in [-0.15, -0.1) is 0 Å². The summed E-state index contributed by atoms with van der Waals surface area (Å²) >= 11 is 0. The Hall–Kier alpha value is -3.15. The number of methoxy groups -OCH3 is 2. The minimum absolute atomic E-state index is 0.155. The van der Waals surface area contributed by atoms with Crippen LogP contribution in [0.25, 0.3) is 0 Å². The van der Waals surface area contributed by atoms with Crippen LogP contribution in [0.5, 0.6) is 0 Å². The minimum atomic E-state index is -0.607. The van der Waals surface area contributed by atoms with Gasteiger partial charge in [0.1, 0.15) is 0 Å². The molecule has 0 saturated heterocycles. The lowest BCUT2D eigenvalue weighted by atomic mass is 9.93. The highest BCUT2D eigenvalue weighted by atomic mass is 16.5. The van der Waals surface area contributed by atoms with Crippen molar-refractivity contribution in [2.24, 2.45) is 0 Å². The van der Waals surface area contributed by atoms with E-state index in [4.69, 9.17) is 9.47 Å². The molecule has 1 N–H and O–H groups in total. The molecule has 2 aromatic carbocycles. The van der Waals surface area contributed by atoms with Gasteiger partial charge >= 0.3 is 11.9 Å². The van der Waals surface area contributed by atoms with E-state index < -0.39 is 11.9 Å². The molecule has 0 aliphatic carbocycles. The maximum atomic E-state index is 12.9. The number of esters is 2. The largest absolute Gasteiger partial charge is 0.465 e. The number of carbonyl (C=O) groups excluding carboxylic acids is 3. The van der Waals surface area contributed by atoms with Crippen molar-refractivity contribution >= 4 is 23.5 Å². The van der Waals surface area contributed by atoms with Crippen molar-refractivity contribution in [2.75, 3.05) is 19.5 Å². The summed E-state index contributed by atoms with van der Waals surface area (Å²) in [6.07, 6.45) is 1.51. The molecule has 6 nitrogen and oxygen atoms in total. The first-order valence-electron chi connectivity index (χ1n) is 8.67. The Labute approximate surface area is 158 Å². The zero-order valence-electron chi connectivity index (χ0n) is 15.7. The summed E-state index contributed by atoms with van der Waals surface area (Å²) in [6.45, 7) is 2.01. The summed E-state index contributed by atoms with van der Waals surface area (Å²) in [4.78, 5) is 36.6. The van der Waals surface area contributed by atoms with Crippen molar-refractivity contribution in [1.82, 2.24) is 0 Å². The fourth-order valence-corrected chi connectivity index (χ4v) is 2.82. The predicted molar refractivity (Wildman–Crippen MR) is 102 cm³/mol. The quantitative estimate of drug-likeness (QED) is 0.751. The van der Waals surface area contributed by atoms with Crippen molar-refractivity contribution in [3.63, 3.8) is 0 Å².